The maximum absolute atomic E-state index is 14.2. The average Bonchev–Trinajstić information content (AvgIpc) is 3.19. The number of nitrogens with one attached hydrogen (secondary N) is 2. The van der Waals surface area contributed by atoms with Crippen LogP contribution in [-0.4, -0.2) is 94.8 Å². The molecule has 3 fully saturated rings. The maximum atomic E-state index is 14.2. The van der Waals surface area contributed by atoms with Gasteiger partial charge in [0.05, 0.1) is 5.69 Å². The van der Waals surface area contributed by atoms with E-state index in [4.69, 9.17) is 5.73 Å². The van der Waals surface area contributed by atoms with Gasteiger partial charge in [-0.3, -0.25) is 9.59 Å². The molecule has 280 valence electrons. The van der Waals surface area contributed by atoms with Crippen molar-refractivity contribution in [2.24, 2.45) is 11.8 Å². The predicted molar refractivity (Wildman–Crippen MR) is 212 cm³/mol. The fourth-order valence-electron chi connectivity index (χ4n) is 8.48. The fraction of sp³-hybridized carbons (Fsp3) is 0.450. The number of benzene rings is 3. The van der Waals surface area contributed by atoms with Crippen molar-refractivity contribution in [3.8, 4) is 0 Å². The van der Waals surface area contributed by atoms with Gasteiger partial charge in [-0.2, -0.15) is 0 Å². The van der Waals surface area contributed by atoms with Crippen molar-refractivity contribution >= 4 is 67.1 Å². The van der Waals surface area contributed by atoms with Gasteiger partial charge in [-0.25, -0.2) is 9.59 Å². The Balaban J connectivity index is 0.954. The van der Waals surface area contributed by atoms with Crippen LogP contribution < -0.4 is 16.4 Å². The first-order chi connectivity index (χ1) is 25.6. The second-order valence-electron chi connectivity index (χ2n) is 14.8. The van der Waals surface area contributed by atoms with Crippen LogP contribution in [-0.2, 0) is 17.8 Å². The zero-order valence-electron chi connectivity index (χ0n) is 29.8. The molecule has 11 nitrogen and oxygen atoms in total. The number of para-hydroxylation sites is 1. The molecule has 0 radical (unpaired) electrons. The highest BCUT2D eigenvalue weighted by Crippen LogP contribution is 2.34. The molecule has 3 aromatic carbocycles. The molecule has 0 unspecified atom stereocenters. The SMILES string of the molecule is Nc1c(Br)cc(C[C@@H](NC(=O)N2CCC(N3Cc4ccccc4NC3=O)CC2)C(=O)N2CCC(C3CCN(C(=O)c4ccccc4)CC3)CC2)cc1Br. The van der Waals surface area contributed by atoms with Gasteiger partial charge in [0.15, 0.2) is 0 Å². The topological polar surface area (TPSA) is 131 Å². The number of likely N-dealkylation sites (tertiary alicyclic amines) is 3. The molecule has 53 heavy (non-hydrogen) atoms. The number of rotatable bonds is 7. The highest BCUT2D eigenvalue weighted by molar-refractivity contribution is 9.11. The lowest BCUT2D eigenvalue weighted by Gasteiger charge is -2.42. The van der Waals surface area contributed by atoms with Crippen LogP contribution in [0.5, 0.6) is 0 Å². The van der Waals surface area contributed by atoms with Gasteiger partial charge in [0.1, 0.15) is 6.04 Å². The summed E-state index contributed by atoms with van der Waals surface area (Å²) < 4.78 is 1.45. The van der Waals surface area contributed by atoms with E-state index in [-0.39, 0.29) is 29.9 Å². The van der Waals surface area contributed by atoms with Crippen LogP contribution in [0.3, 0.4) is 0 Å². The molecule has 3 saturated heterocycles. The minimum Gasteiger partial charge on any atom is -0.397 e. The standard InChI is InChI=1S/C40H47Br2N7O4/c41-32-22-26(23-33(42)36(32)43)24-35(45-39(52)48-20-14-31(15-21-48)49-25-30-8-4-5-9-34(30)44-40(49)53)38(51)47-18-12-28(13-19-47)27-10-16-46(17-11-27)37(50)29-6-2-1-3-7-29/h1-9,22-23,27-28,31,35H,10-21,24-25,43H2,(H,44,53)(H,45,52)/t35-/m1/s1. The van der Waals surface area contributed by atoms with Crippen LogP contribution in [0, 0.1) is 11.8 Å². The van der Waals surface area contributed by atoms with E-state index in [1.807, 2.05) is 81.4 Å². The minimum atomic E-state index is -0.754. The lowest BCUT2D eigenvalue weighted by molar-refractivity contribution is -0.135. The monoisotopic (exact) mass is 847 g/mol. The van der Waals surface area contributed by atoms with E-state index in [0.717, 1.165) is 70.1 Å². The summed E-state index contributed by atoms with van der Waals surface area (Å²) in [5.41, 5.74) is 10.3. The number of halogens is 2. The molecule has 4 heterocycles. The summed E-state index contributed by atoms with van der Waals surface area (Å²) in [5, 5.41) is 6.11. The van der Waals surface area contributed by atoms with Crippen molar-refractivity contribution in [1.82, 2.24) is 24.9 Å². The Hall–Kier alpha value is -4.10. The molecule has 0 spiro atoms. The average molecular weight is 850 g/mol. The molecular formula is C40H47Br2N7O4. The van der Waals surface area contributed by atoms with E-state index in [1.165, 1.54) is 0 Å². The van der Waals surface area contributed by atoms with Crippen molar-refractivity contribution in [3.05, 3.63) is 92.4 Å². The smallest absolute Gasteiger partial charge is 0.322 e. The molecule has 13 heteroatoms. The van der Waals surface area contributed by atoms with Crippen LogP contribution in [0.1, 0.15) is 60.0 Å². The number of nitrogens with zero attached hydrogens (tertiary/aromatic N) is 4. The number of carbonyl (C=O) groups is 4. The number of carbonyl (C=O) groups excluding carboxylic acids is 4. The van der Waals surface area contributed by atoms with E-state index in [9.17, 15) is 19.2 Å². The molecule has 1 atom stereocenters. The first kappa shape index (κ1) is 37.2. The summed E-state index contributed by atoms with van der Waals surface area (Å²) in [7, 11) is 0. The Labute approximate surface area is 327 Å². The number of nitrogen functional groups attached to an aromatic ring is 1. The van der Waals surface area contributed by atoms with Gasteiger partial charge in [-0.1, -0.05) is 36.4 Å². The molecular weight excluding hydrogens is 802 g/mol. The molecule has 3 aromatic rings. The second-order valence-corrected chi connectivity index (χ2v) is 16.5. The molecule has 6 amide bonds. The highest BCUT2D eigenvalue weighted by Gasteiger charge is 2.37. The number of urea groups is 2. The van der Waals surface area contributed by atoms with Crippen LogP contribution in [0.2, 0.25) is 0 Å². The summed E-state index contributed by atoms with van der Waals surface area (Å²) >= 11 is 7.07. The third kappa shape index (κ3) is 8.51. The fourth-order valence-corrected chi connectivity index (χ4v) is 9.76. The number of anilines is 2. The highest BCUT2D eigenvalue weighted by atomic mass is 79.9. The summed E-state index contributed by atoms with van der Waals surface area (Å²) in [4.78, 5) is 61.5. The van der Waals surface area contributed by atoms with E-state index in [1.54, 1.807) is 4.90 Å². The van der Waals surface area contributed by atoms with Gasteiger partial charge in [0.25, 0.3) is 5.91 Å². The zero-order chi connectivity index (χ0) is 37.1. The number of nitrogens with two attached hydrogens (primary N) is 1. The van der Waals surface area contributed by atoms with Crippen molar-refractivity contribution in [3.63, 3.8) is 0 Å². The predicted octanol–water partition coefficient (Wildman–Crippen LogP) is 6.72. The lowest BCUT2D eigenvalue weighted by Crippen LogP contribution is -2.57. The van der Waals surface area contributed by atoms with Crippen LogP contribution in [0.15, 0.2) is 75.7 Å². The van der Waals surface area contributed by atoms with Gasteiger partial charge in [-0.05, 0) is 124 Å². The molecule has 4 N–H and O–H groups in total. The quantitative estimate of drug-likeness (QED) is 0.228. The Morgan fingerprint density at radius 3 is 1.98 bits per heavy atom. The minimum absolute atomic E-state index is 0.0206. The second kappa shape index (κ2) is 16.5. The summed E-state index contributed by atoms with van der Waals surface area (Å²) in [6.45, 7) is 4.32. The van der Waals surface area contributed by atoms with E-state index in [2.05, 4.69) is 42.5 Å². The lowest BCUT2D eigenvalue weighted by atomic mass is 9.78. The Kier molecular flexibility index (Phi) is 11.6. The van der Waals surface area contributed by atoms with E-state index >= 15 is 0 Å². The zero-order valence-corrected chi connectivity index (χ0v) is 33.0. The first-order valence-corrected chi connectivity index (χ1v) is 20.3. The Bertz CT molecular complexity index is 1800. The first-order valence-electron chi connectivity index (χ1n) is 18.7. The molecule has 0 bridgehead atoms. The summed E-state index contributed by atoms with van der Waals surface area (Å²) in [6.07, 6.45) is 5.40. The third-order valence-electron chi connectivity index (χ3n) is 11.6. The van der Waals surface area contributed by atoms with Gasteiger partial charge in [0, 0.05) is 78.5 Å². The number of hydrogen-bond acceptors (Lipinski definition) is 5. The molecule has 0 aliphatic carbocycles. The largest absolute Gasteiger partial charge is 0.397 e. The van der Waals surface area contributed by atoms with Crippen molar-refractivity contribution in [2.45, 2.75) is 63.6 Å². The van der Waals surface area contributed by atoms with E-state index < -0.39 is 6.04 Å². The van der Waals surface area contributed by atoms with Gasteiger partial charge in [-0.15, -0.1) is 0 Å². The summed E-state index contributed by atoms with van der Waals surface area (Å²) in [6, 6.07) is 20.0. The Morgan fingerprint density at radius 1 is 0.774 bits per heavy atom. The summed E-state index contributed by atoms with van der Waals surface area (Å²) in [5.74, 6) is 1.05. The van der Waals surface area contributed by atoms with Gasteiger partial charge >= 0.3 is 12.1 Å². The van der Waals surface area contributed by atoms with Gasteiger partial charge < -0.3 is 36.0 Å². The number of fused-ring (bicyclic) bond motifs is 1. The molecule has 7 rings (SSSR count). The normalized spacial score (nSPS) is 19.4. The molecule has 0 saturated carbocycles. The van der Waals surface area contributed by atoms with Gasteiger partial charge in [0.2, 0.25) is 5.91 Å². The van der Waals surface area contributed by atoms with Crippen LogP contribution in [0.25, 0.3) is 0 Å². The van der Waals surface area contributed by atoms with Crippen molar-refractivity contribution < 1.29 is 19.2 Å². The molecule has 0 aromatic heterocycles. The third-order valence-corrected chi connectivity index (χ3v) is 12.9. The molecule has 4 aliphatic heterocycles. The number of hydrogen-bond donors (Lipinski definition) is 3. The molecule has 4 aliphatic rings. The van der Waals surface area contributed by atoms with Crippen LogP contribution >= 0.6 is 31.9 Å². The van der Waals surface area contributed by atoms with Crippen LogP contribution in [0.4, 0.5) is 21.0 Å². The maximum Gasteiger partial charge on any atom is 0.322 e. The van der Waals surface area contributed by atoms with E-state index in [0.29, 0.717) is 69.5 Å². The van der Waals surface area contributed by atoms with Crippen molar-refractivity contribution in [2.75, 3.05) is 50.3 Å². The number of piperidine rings is 3. The Morgan fingerprint density at radius 2 is 1.34 bits per heavy atom. The number of amides is 6. The van der Waals surface area contributed by atoms with Crippen molar-refractivity contribution in [1.29, 1.82) is 0 Å².